The molecule has 2 aromatic carbocycles. The van der Waals surface area contributed by atoms with Crippen molar-refractivity contribution in [1.29, 1.82) is 0 Å². The maximum atomic E-state index is 13.4. The van der Waals surface area contributed by atoms with Crippen molar-refractivity contribution in [2.75, 3.05) is 63.8 Å². The Labute approximate surface area is 217 Å². The SMILES string of the molecule is COc1cc(OC)c(NC(=O)CN2C(=O)N(CC(=O)N3CCOCC3)Cc3ccccc32)cc1I. The number of para-hydroxylation sites is 1. The Morgan fingerprint density at radius 2 is 1.77 bits per heavy atom. The van der Waals surface area contributed by atoms with Crippen LogP contribution in [0, 0.1) is 3.57 Å². The first-order chi connectivity index (χ1) is 16.9. The minimum absolute atomic E-state index is 0.0597. The van der Waals surface area contributed by atoms with Gasteiger partial charge in [-0.2, -0.15) is 0 Å². The van der Waals surface area contributed by atoms with Gasteiger partial charge in [-0.05, 0) is 40.3 Å². The molecule has 0 aliphatic carbocycles. The Balaban J connectivity index is 1.52. The number of urea groups is 1. The zero-order valence-electron chi connectivity index (χ0n) is 19.6. The van der Waals surface area contributed by atoms with Crippen molar-refractivity contribution in [1.82, 2.24) is 9.80 Å². The number of anilines is 2. The molecule has 0 aromatic heterocycles. The van der Waals surface area contributed by atoms with Crippen molar-refractivity contribution < 1.29 is 28.6 Å². The number of halogens is 1. The standard InChI is InChI=1S/C24H27IN4O6/c1-33-20-12-21(34-2)18(11-17(20)25)26-22(30)14-29-19-6-4-3-5-16(19)13-28(24(29)32)15-23(31)27-7-9-35-10-8-27/h3-6,11-12H,7-10,13-15H2,1-2H3,(H,26,30). The van der Waals surface area contributed by atoms with Crippen molar-refractivity contribution in [2.24, 2.45) is 0 Å². The predicted molar refractivity (Wildman–Crippen MR) is 138 cm³/mol. The van der Waals surface area contributed by atoms with E-state index in [0.29, 0.717) is 55.7 Å². The molecule has 0 bridgehead atoms. The lowest BCUT2D eigenvalue weighted by Crippen LogP contribution is -2.53. The van der Waals surface area contributed by atoms with Crippen LogP contribution >= 0.6 is 22.6 Å². The summed E-state index contributed by atoms with van der Waals surface area (Å²) < 4.78 is 16.8. The molecule has 0 atom stereocenters. The van der Waals surface area contributed by atoms with Gasteiger partial charge in [0.05, 0.1) is 48.9 Å². The third-order valence-electron chi connectivity index (χ3n) is 5.88. The normalized spacial score (nSPS) is 15.5. The minimum Gasteiger partial charge on any atom is -0.496 e. The second kappa shape index (κ2) is 11.1. The summed E-state index contributed by atoms with van der Waals surface area (Å²) >= 11 is 2.11. The molecule has 0 spiro atoms. The van der Waals surface area contributed by atoms with Gasteiger partial charge in [-0.1, -0.05) is 18.2 Å². The minimum atomic E-state index is -0.395. The number of carbonyl (C=O) groups excluding carboxylic acids is 3. The molecule has 11 heteroatoms. The Bertz CT molecular complexity index is 1120. The molecule has 2 aromatic rings. The molecule has 1 saturated heterocycles. The zero-order valence-corrected chi connectivity index (χ0v) is 21.7. The highest BCUT2D eigenvalue weighted by molar-refractivity contribution is 14.1. The number of nitrogens with zero attached hydrogens (tertiary/aromatic N) is 3. The first-order valence-electron chi connectivity index (χ1n) is 11.1. The molecule has 0 unspecified atom stereocenters. The van der Waals surface area contributed by atoms with E-state index in [0.717, 1.165) is 9.13 Å². The number of fused-ring (bicyclic) bond motifs is 1. The van der Waals surface area contributed by atoms with Gasteiger partial charge >= 0.3 is 6.03 Å². The van der Waals surface area contributed by atoms with E-state index in [1.807, 2.05) is 18.2 Å². The van der Waals surface area contributed by atoms with Crippen LogP contribution < -0.4 is 19.7 Å². The van der Waals surface area contributed by atoms with Crippen LogP contribution in [0.4, 0.5) is 16.2 Å². The van der Waals surface area contributed by atoms with Crippen molar-refractivity contribution >= 4 is 51.8 Å². The highest BCUT2D eigenvalue weighted by atomic mass is 127. The van der Waals surface area contributed by atoms with Gasteiger partial charge in [-0.15, -0.1) is 0 Å². The molecule has 35 heavy (non-hydrogen) atoms. The smallest absolute Gasteiger partial charge is 0.325 e. The zero-order chi connectivity index (χ0) is 24.9. The Morgan fingerprint density at radius 3 is 2.49 bits per heavy atom. The summed E-state index contributed by atoms with van der Waals surface area (Å²) in [7, 11) is 3.06. The van der Waals surface area contributed by atoms with Crippen LogP contribution in [-0.2, 0) is 20.9 Å². The van der Waals surface area contributed by atoms with Gasteiger partial charge in [0.1, 0.15) is 24.6 Å². The molecule has 186 valence electrons. The lowest BCUT2D eigenvalue weighted by atomic mass is 10.1. The Hall–Kier alpha value is -3.06. The van der Waals surface area contributed by atoms with Crippen LogP contribution in [-0.4, -0.2) is 81.3 Å². The molecule has 1 fully saturated rings. The van der Waals surface area contributed by atoms with Gasteiger partial charge in [-0.25, -0.2) is 4.79 Å². The number of ether oxygens (including phenoxy) is 3. The fourth-order valence-electron chi connectivity index (χ4n) is 4.10. The molecule has 0 radical (unpaired) electrons. The van der Waals surface area contributed by atoms with Crippen LogP contribution in [0.15, 0.2) is 36.4 Å². The summed E-state index contributed by atoms with van der Waals surface area (Å²) in [6.07, 6.45) is 0. The van der Waals surface area contributed by atoms with Crippen LogP contribution in [0.1, 0.15) is 5.56 Å². The maximum absolute atomic E-state index is 13.4. The largest absolute Gasteiger partial charge is 0.496 e. The van der Waals surface area contributed by atoms with Crippen molar-refractivity contribution in [3.63, 3.8) is 0 Å². The number of carbonyl (C=O) groups is 3. The number of benzene rings is 2. The van der Waals surface area contributed by atoms with Crippen molar-refractivity contribution in [3.05, 3.63) is 45.5 Å². The van der Waals surface area contributed by atoms with Gasteiger partial charge in [0.15, 0.2) is 0 Å². The lowest BCUT2D eigenvalue weighted by Gasteiger charge is -2.37. The van der Waals surface area contributed by atoms with E-state index in [1.165, 1.54) is 16.9 Å². The molecule has 2 aliphatic rings. The fourth-order valence-corrected chi connectivity index (χ4v) is 4.79. The third kappa shape index (κ3) is 5.61. The highest BCUT2D eigenvalue weighted by Crippen LogP contribution is 2.34. The third-order valence-corrected chi connectivity index (χ3v) is 6.73. The number of morpholine rings is 1. The first-order valence-corrected chi connectivity index (χ1v) is 12.2. The molecule has 2 heterocycles. The summed E-state index contributed by atoms with van der Waals surface area (Å²) in [5.41, 5.74) is 1.99. The Morgan fingerprint density at radius 1 is 1.06 bits per heavy atom. The van der Waals surface area contributed by atoms with E-state index in [-0.39, 0.29) is 19.0 Å². The topological polar surface area (TPSA) is 101 Å². The highest BCUT2D eigenvalue weighted by Gasteiger charge is 2.33. The number of nitrogens with one attached hydrogen (secondary N) is 1. The average Bonchev–Trinajstić information content (AvgIpc) is 2.87. The second-order valence-corrected chi connectivity index (χ2v) is 9.24. The van der Waals surface area contributed by atoms with Crippen molar-refractivity contribution in [3.8, 4) is 11.5 Å². The van der Waals surface area contributed by atoms with E-state index in [9.17, 15) is 14.4 Å². The van der Waals surface area contributed by atoms with E-state index >= 15 is 0 Å². The van der Waals surface area contributed by atoms with E-state index < -0.39 is 11.9 Å². The first kappa shape index (κ1) is 25.0. The summed E-state index contributed by atoms with van der Waals surface area (Å²) in [5.74, 6) is 0.539. The van der Waals surface area contributed by atoms with Crippen molar-refractivity contribution in [2.45, 2.75) is 6.54 Å². The number of rotatable bonds is 7. The quantitative estimate of drug-likeness (QED) is 0.495. The molecular formula is C24H27IN4O6. The number of methoxy groups -OCH3 is 2. The number of amides is 4. The van der Waals surface area contributed by atoms with Crippen LogP contribution in [0.25, 0.3) is 0 Å². The van der Waals surface area contributed by atoms with Gasteiger partial charge in [-0.3, -0.25) is 14.5 Å². The summed E-state index contributed by atoms with van der Waals surface area (Å²) in [6.45, 7) is 2.01. The average molecular weight is 594 g/mol. The monoisotopic (exact) mass is 594 g/mol. The molecule has 4 amide bonds. The molecule has 10 nitrogen and oxygen atoms in total. The number of hydrogen-bond donors (Lipinski definition) is 1. The summed E-state index contributed by atoms with van der Waals surface area (Å²) in [4.78, 5) is 43.8. The van der Waals surface area contributed by atoms with Gasteiger partial charge in [0.2, 0.25) is 11.8 Å². The lowest BCUT2D eigenvalue weighted by molar-refractivity contribution is -0.135. The Kier molecular flexibility index (Phi) is 7.96. The molecule has 2 aliphatic heterocycles. The summed E-state index contributed by atoms with van der Waals surface area (Å²) in [6, 6.07) is 10.4. The second-order valence-electron chi connectivity index (χ2n) is 8.08. The summed E-state index contributed by atoms with van der Waals surface area (Å²) in [5, 5.41) is 2.83. The van der Waals surface area contributed by atoms with Gasteiger partial charge < -0.3 is 29.3 Å². The molecule has 4 rings (SSSR count). The fraction of sp³-hybridized carbons (Fsp3) is 0.375. The molecule has 1 N–H and O–H groups in total. The van der Waals surface area contributed by atoms with E-state index in [1.54, 1.807) is 30.2 Å². The van der Waals surface area contributed by atoms with Gasteiger partial charge in [0, 0.05) is 19.2 Å². The van der Waals surface area contributed by atoms with E-state index in [4.69, 9.17) is 14.2 Å². The van der Waals surface area contributed by atoms with Crippen LogP contribution in [0.2, 0.25) is 0 Å². The van der Waals surface area contributed by atoms with Crippen LogP contribution in [0.5, 0.6) is 11.5 Å². The van der Waals surface area contributed by atoms with Crippen LogP contribution in [0.3, 0.4) is 0 Å². The molecular weight excluding hydrogens is 567 g/mol. The maximum Gasteiger partial charge on any atom is 0.325 e. The predicted octanol–water partition coefficient (Wildman–Crippen LogP) is 2.55. The molecule has 0 saturated carbocycles. The van der Waals surface area contributed by atoms with Gasteiger partial charge in [0.25, 0.3) is 0 Å². The number of hydrogen-bond acceptors (Lipinski definition) is 6. The van der Waals surface area contributed by atoms with E-state index in [2.05, 4.69) is 27.9 Å².